The van der Waals surface area contributed by atoms with Gasteiger partial charge in [-0.3, -0.25) is 14.8 Å². The van der Waals surface area contributed by atoms with Crippen LogP contribution in [0, 0.1) is 0 Å². The highest BCUT2D eigenvalue weighted by molar-refractivity contribution is 6.30. The molecule has 1 amide bonds. The van der Waals surface area contributed by atoms with Gasteiger partial charge in [0.15, 0.2) is 5.69 Å². The van der Waals surface area contributed by atoms with E-state index in [0.29, 0.717) is 12.2 Å². The van der Waals surface area contributed by atoms with Gasteiger partial charge >= 0.3 is 0 Å². The van der Waals surface area contributed by atoms with Crippen LogP contribution >= 0.6 is 11.6 Å². The number of halogens is 1. The molecule has 5 nitrogen and oxygen atoms in total. The number of likely N-dealkylation sites (tertiary alicyclic amines) is 1. The van der Waals surface area contributed by atoms with Crippen molar-refractivity contribution in [3.8, 4) is 0 Å². The monoisotopic (exact) mass is 372 g/mol. The second-order valence-corrected chi connectivity index (χ2v) is 7.69. The highest BCUT2D eigenvalue weighted by Crippen LogP contribution is 2.26. The minimum absolute atomic E-state index is 0.0671. The van der Waals surface area contributed by atoms with Gasteiger partial charge in [0.1, 0.15) is 0 Å². The van der Waals surface area contributed by atoms with E-state index in [-0.39, 0.29) is 11.9 Å². The molecule has 26 heavy (non-hydrogen) atoms. The van der Waals surface area contributed by atoms with Crippen LogP contribution in [0.15, 0.2) is 24.3 Å². The topological polar surface area (TPSA) is 61.0 Å². The third-order valence-electron chi connectivity index (χ3n) is 5.56. The first-order valence-electron chi connectivity index (χ1n) is 9.56. The first-order chi connectivity index (χ1) is 12.7. The molecule has 2 N–H and O–H groups in total. The summed E-state index contributed by atoms with van der Waals surface area (Å²) in [6, 6.07) is 8.15. The van der Waals surface area contributed by atoms with Gasteiger partial charge in [0.2, 0.25) is 0 Å². The van der Waals surface area contributed by atoms with Gasteiger partial charge in [-0.1, -0.05) is 23.7 Å². The van der Waals surface area contributed by atoms with Crippen molar-refractivity contribution in [3.05, 3.63) is 51.8 Å². The molecule has 0 saturated carbocycles. The molecule has 0 spiro atoms. The van der Waals surface area contributed by atoms with Gasteiger partial charge in [0, 0.05) is 22.8 Å². The number of hydrogen-bond donors (Lipinski definition) is 2. The van der Waals surface area contributed by atoms with Crippen molar-refractivity contribution in [2.75, 3.05) is 19.6 Å². The number of carbonyl (C=O) groups excluding carboxylic acids is 1. The average Bonchev–Trinajstić information content (AvgIpc) is 3.33. The summed E-state index contributed by atoms with van der Waals surface area (Å²) in [6.07, 6.45) is 6.67. The molecule has 4 rings (SSSR count). The van der Waals surface area contributed by atoms with Gasteiger partial charge in [-0.2, -0.15) is 5.10 Å². The van der Waals surface area contributed by atoms with Gasteiger partial charge in [0.05, 0.1) is 6.04 Å². The molecule has 2 heterocycles. The first kappa shape index (κ1) is 17.6. The van der Waals surface area contributed by atoms with Crippen molar-refractivity contribution in [1.82, 2.24) is 20.4 Å². The van der Waals surface area contributed by atoms with Crippen LogP contribution in [0.3, 0.4) is 0 Å². The van der Waals surface area contributed by atoms with Gasteiger partial charge in [-0.05, 0) is 69.3 Å². The van der Waals surface area contributed by atoms with Crippen LogP contribution in [0.2, 0.25) is 5.02 Å². The smallest absolute Gasteiger partial charge is 0.272 e. The fourth-order valence-electron chi connectivity index (χ4n) is 4.14. The number of rotatable bonds is 5. The fourth-order valence-corrected chi connectivity index (χ4v) is 4.26. The number of nitrogens with one attached hydrogen (secondary N) is 2. The van der Waals surface area contributed by atoms with Crippen LogP contribution in [-0.4, -0.2) is 40.6 Å². The minimum Gasteiger partial charge on any atom is -0.349 e. The van der Waals surface area contributed by atoms with E-state index in [4.69, 9.17) is 11.6 Å². The molecular formula is C20H25ClN4O. The number of aromatic amines is 1. The molecule has 1 saturated heterocycles. The van der Waals surface area contributed by atoms with Gasteiger partial charge in [-0.25, -0.2) is 0 Å². The minimum atomic E-state index is -0.0671. The number of carbonyl (C=O) groups is 1. The third-order valence-corrected chi connectivity index (χ3v) is 5.82. The van der Waals surface area contributed by atoms with Crippen molar-refractivity contribution in [3.63, 3.8) is 0 Å². The molecule has 0 bridgehead atoms. The largest absolute Gasteiger partial charge is 0.349 e. The Morgan fingerprint density at radius 1 is 1.15 bits per heavy atom. The zero-order chi connectivity index (χ0) is 17.9. The summed E-state index contributed by atoms with van der Waals surface area (Å²) >= 11 is 6.04. The van der Waals surface area contributed by atoms with E-state index in [2.05, 4.69) is 32.5 Å². The number of aryl methyl sites for hydroxylation is 1. The second kappa shape index (κ2) is 7.80. The van der Waals surface area contributed by atoms with Gasteiger partial charge < -0.3 is 5.32 Å². The number of amides is 1. The molecule has 6 heteroatoms. The summed E-state index contributed by atoms with van der Waals surface area (Å²) in [6.45, 7) is 2.73. The highest BCUT2D eigenvalue weighted by Gasteiger charge is 2.26. The van der Waals surface area contributed by atoms with E-state index in [0.717, 1.165) is 48.6 Å². The van der Waals surface area contributed by atoms with Crippen LogP contribution in [0.4, 0.5) is 0 Å². The molecular weight excluding hydrogens is 348 g/mol. The molecule has 0 unspecified atom stereocenters. The summed E-state index contributed by atoms with van der Waals surface area (Å²) in [5, 5.41) is 11.2. The summed E-state index contributed by atoms with van der Waals surface area (Å²) in [5.41, 5.74) is 4.02. The number of benzene rings is 1. The molecule has 138 valence electrons. The summed E-state index contributed by atoms with van der Waals surface area (Å²) in [5.74, 6) is -0.0671. The average molecular weight is 373 g/mol. The number of fused-ring (bicyclic) bond motifs is 1. The Labute approximate surface area is 159 Å². The van der Waals surface area contributed by atoms with Crippen LogP contribution in [0.5, 0.6) is 0 Å². The van der Waals surface area contributed by atoms with E-state index in [1.54, 1.807) is 0 Å². The number of hydrogen-bond acceptors (Lipinski definition) is 3. The van der Waals surface area contributed by atoms with Crippen LogP contribution in [0.1, 0.15) is 59.0 Å². The SMILES string of the molecule is O=C(NC[C@@H](c1ccc(Cl)cc1)N1CCCC1)c1n[nH]c2c1CCCC2. The van der Waals surface area contributed by atoms with Crippen molar-refractivity contribution in [1.29, 1.82) is 0 Å². The van der Waals surface area contributed by atoms with Crippen LogP contribution in [-0.2, 0) is 12.8 Å². The van der Waals surface area contributed by atoms with E-state index in [9.17, 15) is 4.79 Å². The lowest BCUT2D eigenvalue weighted by Crippen LogP contribution is -2.37. The predicted molar refractivity (Wildman–Crippen MR) is 103 cm³/mol. The normalized spacial score (nSPS) is 18.5. The lowest BCUT2D eigenvalue weighted by molar-refractivity contribution is 0.0932. The van der Waals surface area contributed by atoms with E-state index in [1.807, 2.05) is 12.1 Å². The Balaban J connectivity index is 1.48. The summed E-state index contributed by atoms with van der Waals surface area (Å²) < 4.78 is 0. The molecule has 0 radical (unpaired) electrons. The first-order valence-corrected chi connectivity index (χ1v) is 9.94. The Morgan fingerprint density at radius 3 is 2.65 bits per heavy atom. The summed E-state index contributed by atoms with van der Waals surface area (Å²) in [4.78, 5) is 15.2. The third kappa shape index (κ3) is 3.64. The standard InChI is InChI=1S/C20H25ClN4O/c21-15-9-7-14(8-10-15)18(25-11-3-4-12-25)13-22-20(26)19-16-5-1-2-6-17(16)23-24-19/h7-10,18H,1-6,11-13H2,(H,22,26)(H,23,24)/t18-/m0/s1. The van der Waals surface area contributed by atoms with Crippen molar-refractivity contribution < 1.29 is 4.79 Å². The lowest BCUT2D eigenvalue weighted by Gasteiger charge is -2.28. The van der Waals surface area contributed by atoms with Crippen molar-refractivity contribution >= 4 is 17.5 Å². The molecule has 2 aromatic rings. The van der Waals surface area contributed by atoms with E-state index < -0.39 is 0 Å². The van der Waals surface area contributed by atoms with E-state index in [1.165, 1.54) is 24.8 Å². The lowest BCUT2D eigenvalue weighted by atomic mass is 9.95. The molecule has 2 aliphatic rings. The summed E-state index contributed by atoms with van der Waals surface area (Å²) in [7, 11) is 0. The van der Waals surface area contributed by atoms with Crippen molar-refractivity contribution in [2.45, 2.75) is 44.6 Å². The predicted octanol–water partition coefficient (Wildman–Crippen LogP) is 3.51. The maximum atomic E-state index is 12.7. The maximum Gasteiger partial charge on any atom is 0.272 e. The molecule has 1 aromatic carbocycles. The molecule has 1 atom stereocenters. The number of H-pyrrole nitrogens is 1. The fraction of sp³-hybridized carbons (Fsp3) is 0.500. The zero-order valence-corrected chi connectivity index (χ0v) is 15.7. The second-order valence-electron chi connectivity index (χ2n) is 7.26. The quantitative estimate of drug-likeness (QED) is 0.844. The number of aromatic nitrogens is 2. The molecule has 1 fully saturated rings. The molecule has 1 aliphatic carbocycles. The van der Waals surface area contributed by atoms with E-state index >= 15 is 0 Å². The van der Waals surface area contributed by atoms with Crippen LogP contribution in [0.25, 0.3) is 0 Å². The highest BCUT2D eigenvalue weighted by atomic mass is 35.5. The Kier molecular flexibility index (Phi) is 5.27. The van der Waals surface area contributed by atoms with Crippen molar-refractivity contribution in [2.24, 2.45) is 0 Å². The zero-order valence-electron chi connectivity index (χ0n) is 14.9. The Morgan fingerprint density at radius 2 is 1.88 bits per heavy atom. The van der Waals surface area contributed by atoms with Gasteiger partial charge in [0.25, 0.3) is 5.91 Å². The Hall–Kier alpha value is -1.85. The van der Waals surface area contributed by atoms with Crippen LogP contribution < -0.4 is 5.32 Å². The maximum absolute atomic E-state index is 12.7. The number of nitrogens with zero attached hydrogens (tertiary/aromatic N) is 2. The molecule has 1 aromatic heterocycles. The molecule has 1 aliphatic heterocycles. The Bertz CT molecular complexity index is 765. The van der Waals surface area contributed by atoms with Gasteiger partial charge in [-0.15, -0.1) is 0 Å².